The first kappa shape index (κ1) is 14.2. The lowest BCUT2D eigenvalue weighted by Gasteiger charge is -2.13. The SMILES string of the molecule is CC(C)c1cc(C(=O)O)cc(NCC2CCCS2)n1. The van der Waals surface area contributed by atoms with Gasteiger partial charge in [-0.2, -0.15) is 11.8 Å². The molecule has 1 aliphatic rings. The summed E-state index contributed by atoms with van der Waals surface area (Å²) in [5.74, 6) is 1.23. The van der Waals surface area contributed by atoms with Crippen molar-refractivity contribution in [2.45, 2.75) is 37.9 Å². The Balaban J connectivity index is 2.11. The first-order chi connectivity index (χ1) is 9.06. The number of aromatic carboxylic acids is 1. The van der Waals surface area contributed by atoms with Crippen LogP contribution in [-0.4, -0.2) is 33.6 Å². The van der Waals surface area contributed by atoms with Gasteiger partial charge in [-0.05, 0) is 36.6 Å². The van der Waals surface area contributed by atoms with Crippen LogP contribution in [0, 0.1) is 0 Å². The van der Waals surface area contributed by atoms with Crippen molar-refractivity contribution in [1.29, 1.82) is 0 Å². The van der Waals surface area contributed by atoms with Gasteiger partial charge in [-0.25, -0.2) is 9.78 Å². The Bertz CT molecular complexity index is 457. The number of rotatable bonds is 5. The number of anilines is 1. The van der Waals surface area contributed by atoms with Crippen LogP contribution in [0.1, 0.15) is 48.7 Å². The lowest BCUT2D eigenvalue weighted by Crippen LogP contribution is -2.15. The fraction of sp³-hybridized carbons (Fsp3) is 0.571. The molecule has 2 rings (SSSR count). The molecular weight excluding hydrogens is 260 g/mol. The minimum atomic E-state index is -0.900. The lowest BCUT2D eigenvalue weighted by molar-refractivity contribution is 0.0696. The van der Waals surface area contributed by atoms with Crippen LogP contribution in [0.4, 0.5) is 5.82 Å². The number of carboxylic acid groups (broad SMARTS) is 1. The minimum absolute atomic E-state index is 0.223. The highest BCUT2D eigenvalue weighted by atomic mass is 32.2. The summed E-state index contributed by atoms with van der Waals surface area (Å²) in [5.41, 5.74) is 1.13. The van der Waals surface area contributed by atoms with Gasteiger partial charge in [0.1, 0.15) is 5.82 Å². The second-order valence-corrected chi connectivity index (χ2v) is 6.55. The van der Waals surface area contributed by atoms with E-state index in [1.807, 2.05) is 25.6 Å². The van der Waals surface area contributed by atoms with Gasteiger partial charge in [0.25, 0.3) is 0 Å². The molecule has 0 radical (unpaired) electrons. The molecule has 2 N–H and O–H groups in total. The van der Waals surface area contributed by atoms with Gasteiger partial charge in [0, 0.05) is 17.5 Å². The summed E-state index contributed by atoms with van der Waals surface area (Å²) in [4.78, 5) is 15.6. The first-order valence-electron chi connectivity index (χ1n) is 6.67. The lowest BCUT2D eigenvalue weighted by atomic mass is 10.1. The summed E-state index contributed by atoms with van der Waals surface area (Å²) in [6.45, 7) is 4.90. The largest absolute Gasteiger partial charge is 0.478 e. The molecule has 2 heterocycles. The van der Waals surface area contributed by atoms with Crippen molar-refractivity contribution in [3.05, 3.63) is 23.4 Å². The van der Waals surface area contributed by atoms with Crippen LogP contribution in [-0.2, 0) is 0 Å². The molecule has 0 bridgehead atoms. The highest BCUT2D eigenvalue weighted by Crippen LogP contribution is 2.26. The average molecular weight is 280 g/mol. The van der Waals surface area contributed by atoms with Crippen molar-refractivity contribution in [2.24, 2.45) is 0 Å². The normalized spacial score (nSPS) is 18.8. The van der Waals surface area contributed by atoms with Crippen molar-refractivity contribution >= 4 is 23.5 Å². The van der Waals surface area contributed by atoms with E-state index in [-0.39, 0.29) is 5.92 Å². The van der Waals surface area contributed by atoms with Crippen LogP contribution >= 0.6 is 11.8 Å². The molecule has 0 aromatic carbocycles. The van der Waals surface area contributed by atoms with Crippen molar-refractivity contribution in [2.75, 3.05) is 17.6 Å². The molecule has 0 aliphatic carbocycles. The Morgan fingerprint density at radius 3 is 2.95 bits per heavy atom. The van der Waals surface area contributed by atoms with Crippen molar-refractivity contribution in [3.63, 3.8) is 0 Å². The molecule has 1 aromatic rings. The van der Waals surface area contributed by atoms with E-state index in [1.165, 1.54) is 18.6 Å². The van der Waals surface area contributed by atoms with E-state index in [4.69, 9.17) is 5.11 Å². The highest BCUT2D eigenvalue weighted by Gasteiger charge is 2.16. The Labute approximate surface area is 118 Å². The number of carboxylic acids is 1. The Morgan fingerprint density at radius 1 is 1.58 bits per heavy atom. The Kier molecular flexibility index (Phi) is 4.69. The Morgan fingerprint density at radius 2 is 2.37 bits per heavy atom. The van der Waals surface area contributed by atoms with Crippen LogP contribution < -0.4 is 5.32 Å². The van der Waals surface area contributed by atoms with Crippen molar-refractivity contribution in [3.8, 4) is 0 Å². The second-order valence-electron chi connectivity index (χ2n) is 5.14. The van der Waals surface area contributed by atoms with Gasteiger partial charge < -0.3 is 10.4 Å². The van der Waals surface area contributed by atoms with Crippen LogP contribution in [0.25, 0.3) is 0 Å². The fourth-order valence-electron chi connectivity index (χ4n) is 2.09. The zero-order chi connectivity index (χ0) is 13.8. The van der Waals surface area contributed by atoms with Crippen LogP contribution in [0.3, 0.4) is 0 Å². The third-order valence-electron chi connectivity index (χ3n) is 3.22. The van der Waals surface area contributed by atoms with Gasteiger partial charge in [-0.3, -0.25) is 0 Å². The van der Waals surface area contributed by atoms with Crippen LogP contribution in [0.15, 0.2) is 12.1 Å². The molecule has 4 nitrogen and oxygen atoms in total. The molecule has 0 spiro atoms. The number of hydrogen-bond acceptors (Lipinski definition) is 4. The number of carbonyl (C=O) groups is 1. The van der Waals surface area contributed by atoms with Crippen LogP contribution in [0.5, 0.6) is 0 Å². The van der Waals surface area contributed by atoms with Gasteiger partial charge in [0.05, 0.1) is 5.56 Å². The summed E-state index contributed by atoms with van der Waals surface area (Å²) in [5, 5.41) is 13.0. The number of pyridine rings is 1. The molecule has 1 saturated heterocycles. The van der Waals surface area contributed by atoms with E-state index in [9.17, 15) is 4.79 Å². The highest BCUT2D eigenvalue weighted by molar-refractivity contribution is 8.00. The summed E-state index contributed by atoms with van der Waals surface area (Å²) >= 11 is 1.98. The van der Waals surface area contributed by atoms with E-state index < -0.39 is 5.97 Å². The summed E-state index contributed by atoms with van der Waals surface area (Å²) in [6, 6.07) is 3.27. The molecule has 1 aliphatic heterocycles. The average Bonchev–Trinajstić information content (AvgIpc) is 2.89. The zero-order valence-electron chi connectivity index (χ0n) is 11.3. The van der Waals surface area contributed by atoms with Crippen LogP contribution in [0.2, 0.25) is 0 Å². The van der Waals surface area contributed by atoms with Gasteiger partial charge in [-0.15, -0.1) is 0 Å². The van der Waals surface area contributed by atoms with Gasteiger partial charge in [0.15, 0.2) is 0 Å². The standard InChI is InChI=1S/C14H20N2O2S/c1-9(2)12-6-10(14(17)18)7-13(16-12)15-8-11-4-3-5-19-11/h6-7,9,11H,3-5,8H2,1-2H3,(H,15,16)(H,17,18). The monoisotopic (exact) mass is 280 g/mol. The maximum absolute atomic E-state index is 11.1. The second kappa shape index (κ2) is 6.28. The predicted molar refractivity (Wildman–Crippen MR) is 79.3 cm³/mol. The maximum Gasteiger partial charge on any atom is 0.335 e. The smallest absolute Gasteiger partial charge is 0.335 e. The maximum atomic E-state index is 11.1. The molecule has 0 amide bonds. The number of aromatic nitrogens is 1. The molecule has 1 fully saturated rings. The number of nitrogens with one attached hydrogen (secondary N) is 1. The molecule has 1 aromatic heterocycles. The molecule has 1 unspecified atom stereocenters. The number of thioether (sulfide) groups is 1. The predicted octanol–water partition coefficient (Wildman–Crippen LogP) is 3.21. The van der Waals surface area contributed by atoms with E-state index in [0.29, 0.717) is 16.6 Å². The number of hydrogen-bond donors (Lipinski definition) is 2. The topological polar surface area (TPSA) is 62.2 Å². The minimum Gasteiger partial charge on any atom is -0.478 e. The Hall–Kier alpha value is -1.23. The summed E-state index contributed by atoms with van der Waals surface area (Å²) in [6.07, 6.45) is 2.50. The van der Waals surface area contributed by atoms with Gasteiger partial charge >= 0.3 is 5.97 Å². The molecule has 1 atom stereocenters. The molecular formula is C14H20N2O2S. The zero-order valence-corrected chi connectivity index (χ0v) is 12.2. The molecule has 19 heavy (non-hydrogen) atoms. The van der Waals surface area contributed by atoms with Crippen molar-refractivity contribution in [1.82, 2.24) is 4.98 Å². The summed E-state index contributed by atoms with van der Waals surface area (Å²) in [7, 11) is 0. The molecule has 5 heteroatoms. The van der Waals surface area contributed by atoms with Gasteiger partial charge in [0.2, 0.25) is 0 Å². The van der Waals surface area contributed by atoms with Gasteiger partial charge in [-0.1, -0.05) is 13.8 Å². The number of nitrogens with zero attached hydrogens (tertiary/aromatic N) is 1. The molecule has 104 valence electrons. The van der Waals surface area contributed by atoms with Crippen molar-refractivity contribution < 1.29 is 9.90 Å². The third-order valence-corrected chi connectivity index (χ3v) is 4.62. The molecule has 0 saturated carbocycles. The fourth-order valence-corrected chi connectivity index (χ4v) is 3.29. The van der Waals surface area contributed by atoms with E-state index in [0.717, 1.165) is 12.2 Å². The summed E-state index contributed by atoms with van der Waals surface area (Å²) < 4.78 is 0. The van der Waals surface area contributed by atoms with E-state index in [2.05, 4.69) is 10.3 Å². The third kappa shape index (κ3) is 3.86. The quantitative estimate of drug-likeness (QED) is 0.867. The van der Waals surface area contributed by atoms with E-state index >= 15 is 0 Å². The van der Waals surface area contributed by atoms with E-state index in [1.54, 1.807) is 12.1 Å². The first-order valence-corrected chi connectivity index (χ1v) is 7.72.